The number of carboxylic acids is 1. The average Bonchev–Trinajstić information content (AvgIpc) is 2.77. The molecule has 11 nitrogen and oxygen atoms in total. The quantitative estimate of drug-likeness (QED) is 0.389. The van der Waals surface area contributed by atoms with Gasteiger partial charge in [-0.15, -0.1) is 0 Å². The lowest BCUT2D eigenvalue weighted by Crippen LogP contribution is -2.56. The second-order valence-corrected chi connectivity index (χ2v) is 7.99. The molecule has 3 rings (SSSR count). The highest BCUT2D eigenvalue weighted by Crippen LogP contribution is 2.17. The summed E-state index contributed by atoms with van der Waals surface area (Å²) < 4.78 is 5.50. The number of hydrogen-bond donors (Lipinski definition) is 5. The van der Waals surface area contributed by atoms with Gasteiger partial charge >= 0.3 is 5.97 Å². The molecule has 1 fully saturated rings. The van der Waals surface area contributed by atoms with Gasteiger partial charge in [-0.1, -0.05) is 11.6 Å². The summed E-state index contributed by atoms with van der Waals surface area (Å²) in [5, 5.41) is 14.5. The zero-order valence-electron chi connectivity index (χ0n) is 17.8. The standard InChI is InChI=1S/C21H24ClN5O6/c1-33-16-9-27(10-17(28)24-12-4-2-11(3-5-12)21(31)32)7-6-15(16)25-19(29)13-8-14(22)18(23)26-20(13)30/h2-5,8,15-16H,6-7,9-10H2,1H3,(H,24,28)(H,25,29)(H,31,32)(H3,23,26,30)/t15-,16+/m1/s1. The van der Waals surface area contributed by atoms with Gasteiger partial charge in [-0.05, 0) is 36.8 Å². The Bertz CT molecular complexity index is 1100. The predicted octanol–water partition coefficient (Wildman–Crippen LogP) is 0.767. The van der Waals surface area contributed by atoms with Gasteiger partial charge in [0.1, 0.15) is 11.4 Å². The summed E-state index contributed by atoms with van der Waals surface area (Å²) in [4.78, 5) is 52.1. The number of nitrogens with one attached hydrogen (secondary N) is 3. The molecule has 1 aromatic heterocycles. The third-order valence-corrected chi connectivity index (χ3v) is 5.62. The molecular formula is C21H24ClN5O6. The minimum atomic E-state index is -1.04. The van der Waals surface area contributed by atoms with Crippen molar-refractivity contribution in [2.45, 2.75) is 18.6 Å². The summed E-state index contributed by atoms with van der Waals surface area (Å²) in [6, 6.07) is 6.70. The number of methoxy groups -OCH3 is 1. The van der Waals surface area contributed by atoms with Crippen LogP contribution in [0.25, 0.3) is 0 Å². The molecule has 1 aliphatic heterocycles. The van der Waals surface area contributed by atoms with E-state index >= 15 is 0 Å². The molecule has 1 aliphatic rings. The first-order valence-electron chi connectivity index (χ1n) is 10.1. The molecule has 0 saturated carbocycles. The summed E-state index contributed by atoms with van der Waals surface area (Å²) in [7, 11) is 1.50. The Morgan fingerprint density at radius 1 is 1.30 bits per heavy atom. The monoisotopic (exact) mass is 477 g/mol. The summed E-state index contributed by atoms with van der Waals surface area (Å²) in [5.41, 5.74) is 5.36. The number of likely N-dealkylation sites (tertiary alicyclic amines) is 1. The van der Waals surface area contributed by atoms with Crippen LogP contribution in [0.1, 0.15) is 27.1 Å². The van der Waals surface area contributed by atoms with Crippen molar-refractivity contribution in [1.82, 2.24) is 15.2 Å². The number of carbonyl (C=O) groups is 3. The van der Waals surface area contributed by atoms with Crippen molar-refractivity contribution in [2.24, 2.45) is 0 Å². The second-order valence-electron chi connectivity index (χ2n) is 7.58. The van der Waals surface area contributed by atoms with E-state index in [1.54, 1.807) is 0 Å². The lowest BCUT2D eigenvalue weighted by molar-refractivity contribution is -0.118. The number of anilines is 2. The number of nitrogens with two attached hydrogens (primary N) is 1. The van der Waals surface area contributed by atoms with Gasteiger partial charge in [0.05, 0.1) is 29.3 Å². The first kappa shape index (κ1) is 24.2. The van der Waals surface area contributed by atoms with Crippen molar-refractivity contribution < 1.29 is 24.2 Å². The molecule has 0 radical (unpaired) electrons. The highest BCUT2D eigenvalue weighted by atomic mass is 35.5. The Morgan fingerprint density at radius 2 is 2.00 bits per heavy atom. The number of rotatable bonds is 7. The smallest absolute Gasteiger partial charge is 0.335 e. The number of ether oxygens (including phenoxy) is 1. The minimum absolute atomic E-state index is 0.0163. The van der Waals surface area contributed by atoms with Gasteiger partial charge in [-0.25, -0.2) is 4.79 Å². The summed E-state index contributed by atoms with van der Waals surface area (Å²) in [6.45, 7) is 0.981. The lowest BCUT2D eigenvalue weighted by atomic mass is 10.0. The minimum Gasteiger partial charge on any atom is -0.478 e. The van der Waals surface area contributed by atoms with E-state index in [9.17, 15) is 19.2 Å². The van der Waals surface area contributed by atoms with E-state index in [1.807, 2.05) is 4.90 Å². The van der Waals surface area contributed by atoms with Crippen LogP contribution in [0.4, 0.5) is 11.5 Å². The maximum atomic E-state index is 12.6. The Morgan fingerprint density at radius 3 is 2.64 bits per heavy atom. The number of nitrogens with zero attached hydrogens (tertiary/aromatic N) is 1. The molecule has 2 amide bonds. The van der Waals surface area contributed by atoms with Crippen molar-refractivity contribution in [1.29, 1.82) is 0 Å². The van der Waals surface area contributed by atoms with E-state index in [0.29, 0.717) is 25.2 Å². The molecule has 0 unspecified atom stereocenters. The van der Waals surface area contributed by atoms with Gasteiger partial charge in [-0.3, -0.25) is 19.3 Å². The highest BCUT2D eigenvalue weighted by molar-refractivity contribution is 6.33. The number of benzene rings is 1. The van der Waals surface area contributed by atoms with Crippen LogP contribution in [0.5, 0.6) is 0 Å². The number of H-pyrrole nitrogens is 1. The maximum Gasteiger partial charge on any atom is 0.335 e. The van der Waals surface area contributed by atoms with E-state index in [0.717, 1.165) is 0 Å². The second kappa shape index (κ2) is 10.5. The summed E-state index contributed by atoms with van der Waals surface area (Å²) in [6.07, 6.45) is 0.0829. The number of carbonyl (C=O) groups excluding carboxylic acids is 2. The van der Waals surface area contributed by atoms with E-state index in [2.05, 4.69) is 15.6 Å². The van der Waals surface area contributed by atoms with Crippen LogP contribution in [0, 0.1) is 0 Å². The molecular weight excluding hydrogens is 454 g/mol. The van der Waals surface area contributed by atoms with Gasteiger partial charge in [0, 0.05) is 25.9 Å². The third-order valence-electron chi connectivity index (χ3n) is 5.31. The van der Waals surface area contributed by atoms with Gasteiger partial charge in [0.15, 0.2) is 0 Å². The van der Waals surface area contributed by atoms with Crippen molar-refractivity contribution in [3.8, 4) is 0 Å². The van der Waals surface area contributed by atoms with Crippen LogP contribution < -0.4 is 21.9 Å². The van der Waals surface area contributed by atoms with Gasteiger partial charge in [0.2, 0.25) is 5.91 Å². The summed E-state index contributed by atoms with van der Waals surface area (Å²) >= 11 is 5.91. The van der Waals surface area contributed by atoms with Gasteiger partial charge < -0.3 is 31.2 Å². The van der Waals surface area contributed by atoms with Gasteiger partial charge in [-0.2, -0.15) is 0 Å². The molecule has 33 heavy (non-hydrogen) atoms. The third kappa shape index (κ3) is 6.09. The molecule has 0 bridgehead atoms. The zero-order chi connectivity index (χ0) is 24.1. The van der Waals surface area contributed by atoms with E-state index in [1.165, 1.54) is 37.4 Å². The Labute approximate surface area is 193 Å². The number of amides is 2. The van der Waals surface area contributed by atoms with Crippen LogP contribution in [0.3, 0.4) is 0 Å². The molecule has 2 aromatic rings. The number of piperidine rings is 1. The number of pyridine rings is 1. The Hall–Kier alpha value is -3.41. The number of carboxylic acid groups (broad SMARTS) is 1. The molecule has 0 spiro atoms. The number of halogens is 1. The first-order valence-corrected chi connectivity index (χ1v) is 10.4. The molecule has 0 aliphatic carbocycles. The van der Waals surface area contributed by atoms with Crippen molar-refractivity contribution in [3.63, 3.8) is 0 Å². The Balaban J connectivity index is 1.56. The van der Waals surface area contributed by atoms with Crippen molar-refractivity contribution >= 4 is 40.9 Å². The fourth-order valence-corrected chi connectivity index (χ4v) is 3.72. The number of aromatic amines is 1. The van der Waals surface area contributed by atoms with Crippen molar-refractivity contribution in [2.75, 3.05) is 37.8 Å². The predicted molar refractivity (Wildman–Crippen MR) is 122 cm³/mol. The number of aromatic nitrogens is 1. The molecule has 12 heteroatoms. The normalized spacial score (nSPS) is 18.5. The summed E-state index contributed by atoms with van der Waals surface area (Å²) in [5.74, 6) is -1.92. The average molecular weight is 478 g/mol. The van der Waals surface area contributed by atoms with Crippen LogP contribution in [0.15, 0.2) is 35.1 Å². The molecule has 6 N–H and O–H groups in total. The van der Waals surface area contributed by atoms with Crippen molar-refractivity contribution in [3.05, 3.63) is 56.8 Å². The SMILES string of the molecule is CO[C@H]1CN(CC(=O)Nc2ccc(C(=O)O)cc2)CC[C@H]1NC(=O)c1cc(Cl)c(N)[nH]c1=O. The molecule has 2 heterocycles. The fourth-order valence-electron chi connectivity index (χ4n) is 3.56. The lowest BCUT2D eigenvalue weighted by Gasteiger charge is -2.37. The van der Waals surface area contributed by atoms with Crippen LogP contribution in [-0.4, -0.2) is 71.7 Å². The first-order chi connectivity index (χ1) is 15.7. The van der Waals surface area contributed by atoms with E-state index in [4.69, 9.17) is 27.2 Å². The maximum absolute atomic E-state index is 12.6. The highest BCUT2D eigenvalue weighted by Gasteiger charge is 2.32. The van der Waals surface area contributed by atoms with Gasteiger partial charge in [0.25, 0.3) is 11.5 Å². The molecule has 1 aromatic carbocycles. The van der Waals surface area contributed by atoms with E-state index < -0.39 is 23.5 Å². The largest absolute Gasteiger partial charge is 0.478 e. The van der Waals surface area contributed by atoms with Crippen LogP contribution >= 0.6 is 11.6 Å². The molecule has 1 saturated heterocycles. The number of aromatic carboxylic acids is 1. The fraction of sp³-hybridized carbons (Fsp3) is 0.333. The van der Waals surface area contributed by atoms with E-state index in [-0.39, 0.29) is 40.5 Å². The topological polar surface area (TPSA) is 167 Å². The number of nitrogen functional groups attached to an aromatic ring is 1. The zero-order valence-corrected chi connectivity index (χ0v) is 18.5. The Kier molecular flexibility index (Phi) is 7.69. The number of hydrogen-bond acceptors (Lipinski definition) is 7. The van der Waals surface area contributed by atoms with Crippen LogP contribution in [0.2, 0.25) is 5.02 Å². The molecule has 2 atom stereocenters. The van der Waals surface area contributed by atoms with Crippen LogP contribution in [-0.2, 0) is 9.53 Å². The molecule has 176 valence electrons.